The molecule has 0 bridgehead atoms. The second kappa shape index (κ2) is 8.47. The normalized spacial score (nSPS) is 10.5. The van der Waals surface area contributed by atoms with E-state index in [1.54, 1.807) is 54.3 Å². The quantitative estimate of drug-likeness (QED) is 0.679. The molecule has 0 radical (unpaired) electrons. The van der Waals surface area contributed by atoms with E-state index < -0.39 is 0 Å². The van der Waals surface area contributed by atoms with Crippen LogP contribution in [0.5, 0.6) is 17.2 Å². The number of amides is 1. The van der Waals surface area contributed by atoms with E-state index in [-0.39, 0.29) is 18.1 Å². The summed E-state index contributed by atoms with van der Waals surface area (Å²) < 4.78 is 17.7. The zero-order valence-corrected chi connectivity index (χ0v) is 16.0. The molecular formula is C21H22N2O5. The molecule has 0 unspecified atom stereocenters. The fourth-order valence-corrected chi connectivity index (χ4v) is 2.91. The Kier molecular flexibility index (Phi) is 5.84. The SMILES string of the molecule is CCn1ccc2c(OCC(=O)Nc3cc(OC)ccc3OC)cccc2c1=O. The number of anilines is 1. The largest absolute Gasteiger partial charge is 0.497 e. The van der Waals surface area contributed by atoms with E-state index in [9.17, 15) is 9.59 Å². The van der Waals surface area contributed by atoms with Gasteiger partial charge in [-0.05, 0) is 37.3 Å². The third-order valence-corrected chi connectivity index (χ3v) is 4.36. The van der Waals surface area contributed by atoms with Gasteiger partial charge in [0.15, 0.2) is 6.61 Å². The molecule has 0 spiro atoms. The number of hydrogen-bond donors (Lipinski definition) is 1. The first-order chi connectivity index (χ1) is 13.6. The van der Waals surface area contributed by atoms with Gasteiger partial charge in [-0.2, -0.15) is 0 Å². The van der Waals surface area contributed by atoms with Gasteiger partial charge in [-0.25, -0.2) is 0 Å². The summed E-state index contributed by atoms with van der Waals surface area (Å²) in [6.45, 7) is 2.28. The lowest BCUT2D eigenvalue weighted by molar-refractivity contribution is -0.118. The van der Waals surface area contributed by atoms with Gasteiger partial charge < -0.3 is 24.1 Å². The van der Waals surface area contributed by atoms with Gasteiger partial charge in [0.1, 0.15) is 17.2 Å². The van der Waals surface area contributed by atoms with E-state index in [0.717, 1.165) is 0 Å². The highest BCUT2D eigenvalue weighted by Crippen LogP contribution is 2.29. The second-order valence-electron chi connectivity index (χ2n) is 6.03. The molecule has 1 N–H and O–H groups in total. The van der Waals surface area contributed by atoms with Crippen LogP contribution < -0.4 is 25.1 Å². The number of ether oxygens (including phenoxy) is 3. The smallest absolute Gasteiger partial charge is 0.262 e. The molecule has 3 rings (SSSR count). The average Bonchev–Trinajstić information content (AvgIpc) is 2.72. The Balaban J connectivity index is 1.77. The summed E-state index contributed by atoms with van der Waals surface area (Å²) in [5.41, 5.74) is 0.398. The van der Waals surface area contributed by atoms with Crippen molar-refractivity contribution in [2.24, 2.45) is 0 Å². The number of carbonyl (C=O) groups is 1. The molecule has 0 aliphatic carbocycles. The van der Waals surface area contributed by atoms with Crippen molar-refractivity contribution in [3.63, 3.8) is 0 Å². The first-order valence-corrected chi connectivity index (χ1v) is 8.84. The van der Waals surface area contributed by atoms with E-state index in [4.69, 9.17) is 14.2 Å². The monoisotopic (exact) mass is 382 g/mol. The second-order valence-corrected chi connectivity index (χ2v) is 6.03. The number of benzene rings is 2. The molecule has 0 saturated carbocycles. The molecule has 1 aromatic heterocycles. The summed E-state index contributed by atoms with van der Waals surface area (Å²) in [6.07, 6.45) is 1.72. The molecule has 1 heterocycles. The minimum atomic E-state index is -0.356. The number of nitrogens with zero attached hydrogens (tertiary/aromatic N) is 1. The van der Waals surface area contributed by atoms with Crippen molar-refractivity contribution in [2.75, 3.05) is 26.1 Å². The molecule has 7 heteroatoms. The molecule has 0 aliphatic heterocycles. The highest BCUT2D eigenvalue weighted by Gasteiger charge is 2.12. The van der Waals surface area contributed by atoms with Gasteiger partial charge in [0.25, 0.3) is 11.5 Å². The highest BCUT2D eigenvalue weighted by atomic mass is 16.5. The van der Waals surface area contributed by atoms with Crippen molar-refractivity contribution < 1.29 is 19.0 Å². The zero-order chi connectivity index (χ0) is 20.1. The fraction of sp³-hybridized carbons (Fsp3) is 0.238. The standard InChI is InChI=1S/C21H22N2O5/c1-4-23-11-10-15-16(21(23)25)6-5-7-18(15)28-13-20(24)22-17-12-14(26-2)8-9-19(17)27-3/h5-12H,4,13H2,1-3H3,(H,22,24). The summed E-state index contributed by atoms with van der Waals surface area (Å²) in [4.78, 5) is 24.8. The lowest BCUT2D eigenvalue weighted by Gasteiger charge is -2.13. The Hall–Kier alpha value is -3.48. The summed E-state index contributed by atoms with van der Waals surface area (Å²) >= 11 is 0. The number of nitrogens with one attached hydrogen (secondary N) is 1. The predicted molar refractivity (Wildman–Crippen MR) is 108 cm³/mol. The van der Waals surface area contributed by atoms with Crippen LogP contribution in [0.2, 0.25) is 0 Å². The molecule has 0 fully saturated rings. The molecule has 28 heavy (non-hydrogen) atoms. The van der Waals surface area contributed by atoms with Crippen LogP contribution in [0.1, 0.15) is 6.92 Å². The van der Waals surface area contributed by atoms with Gasteiger partial charge in [-0.1, -0.05) is 6.07 Å². The zero-order valence-electron chi connectivity index (χ0n) is 16.0. The van der Waals surface area contributed by atoms with Crippen LogP contribution in [0.4, 0.5) is 5.69 Å². The van der Waals surface area contributed by atoms with Crippen LogP contribution in [0.25, 0.3) is 10.8 Å². The van der Waals surface area contributed by atoms with Crippen molar-refractivity contribution in [3.8, 4) is 17.2 Å². The van der Waals surface area contributed by atoms with Crippen molar-refractivity contribution in [3.05, 3.63) is 59.0 Å². The molecule has 146 valence electrons. The fourth-order valence-electron chi connectivity index (χ4n) is 2.91. The lowest BCUT2D eigenvalue weighted by atomic mass is 10.1. The van der Waals surface area contributed by atoms with Gasteiger partial charge in [0.2, 0.25) is 0 Å². The van der Waals surface area contributed by atoms with E-state index in [2.05, 4.69) is 5.32 Å². The Morgan fingerprint density at radius 1 is 1.04 bits per heavy atom. The van der Waals surface area contributed by atoms with Gasteiger partial charge in [0.05, 0.1) is 25.3 Å². The summed E-state index contributed by atoms with van der Waals surface area (Å²) in [6, 6.07) is 12.2. The van der Waals surface area contributed by atoms with Gasteiger partial charge in [-0.15, -0.1) is 0 Å². The molecule has 1 amide bonds. The maximum Gasteiger partial charge on any atom is 0.262 e. The third kappa shape index (κ3) is 3.93. The number of rotatable bonds is 7. The molecule has 0 saturated heterocycles. The van der Waals surface area contributed by atoms with Crippen LogP contribution >= 0.6 is 0 Å². The van der Waals surface area contributed by atoms with Gasteiger partial charge in [-0.3, -0.25) is 9.59 Å². The van der Waals surface area contributed by atoms with Gasteiger partial charge >= 0.3 is 0 Å². The Morgan fingerprint density at radius 3 is 2.57 bits per heavy atom. The van der Waals surface area contributed by atoms with Crippen molar-refractivity contribution in [1.82, 2.24) is 4.57 Å². The molecule has 2 aromatic carbocycles. The number of aromatic nitrogens is 1. The molecule has 0 aliphatic rings. The minimum absolute atomic E-state index is 0.0870. The molecule has 0 atom stereocenters. The maximum absolute atomic E-state index is 12.4. The number of hydrogen-bond acceptors (Lipinski definition) is 5. The Labute approximate surface area is 162 Å². The molecule has 3 aromatic rings. The number of pyridine rings is 1. The molecule has 7 nitrogen and oxygen atoms in total. The number of carbonyl (C=O) groups excluding carboxylic acids is 1. The lowest BCUT2D eigenvalue weighted by Crippen LogP contribution is -2.21. The van der Waals surface area contributed by atoms with Crippen LogP contribution in [0, 0.1) is 0 Å². The number of fused-ring (bicyclic) bond motifs is 1. The average molecular weight is 382 g/mol. The summed E-state index contributed by atoms with van der Waals surface area (Å²) in [5.74, 6) is 1.23. The van der Waals surface area contributed by atoms with E-state index in [1.165, 1.54) is 7.11 Å². The van der Waals surface area contributed by atoms with Crippen LogP contribution in [0.3, 0.4) is 0 Å². The van der Waals surface area contributed by atoms with Crippen LogP contribution in [-0.2, 0) is 11.3 Å². The van der Waals surface area contributed by atoms with Crippen molar-refractivity contribution >= 4 is 22.4 Å². The van der Waals surface area contributed by atoms with Crippen LogP contribution in [-0.4, -0.2) is 31.3 Å². The minimum Gasteiger partial charge on any atom is -0.497 e. The first-order valence-electron chi connectivity index (χ1n) is 8.84. The van der Waals surface area contributed by atoms with E-state index in [1.807, 2.05) is 13.0 Å². The number of methoxy groups -OCH3 is 2. The number of aryl methyl sites for hydroxylation is 1. The molecular weight excluding hydrogens is 360 g/mol. The van der Waals surface area contributed by atoms with Crippen LogP contribution in [0.15, 0.2) is 53.5 Å². The Morgan fingerprint density at radius 2 is 1.86 bits per heavy atom. The van der Waals surface area contributed by atoms with E-state index >= 15 is 0 Å². The topological polar surface area (TPSA) is 78.8 Å². The summed E-state index contributed by atoms with van der Waals surface area (Å²) in [5, 5.41) is 3.97. The van der Waals surface area contributed by atoms with Crippen molar-refractivity contribution in [2.45, 2.75) is 13.5 Å². The van der Waals surface area contributed by atoms with E-state index in [0.29, 0.717) is 40.3 Å². The third-order valence-electron chi connectivity index (χ3n) is 4.36. The Bertz CT molecular complexity index is 1060. The van der Waals surface area contributed by atoms with Gasteiger partial charge in [0, 0.05) is 24.2 Å². The highest BCUT2D eigenvalue weighted by molar-refractivity contribution is 5.94. The van der Waals surface area contributed by atoms with Crippen molar-refractivity contribution in [1.29, 1.82) is 0 Å². The summed E-state index contributed by atoms with van der Waals surface area (Å²) in [7, 11) is 3.07. The predicted octanol–water partition coefficient (Wildman–Crippen LogP) is 3.06. The first kappa shape index (κ1) is 19.3. The maximum atomic E-state index is 12.4.